The highest BCUT2D eigenvalue weighted by Gasteiger charge is 2.20. The van der Waals surface area contributed by atoms with Crippen molar-refractivity contribution in [1.29, 1.82) is 5.26 Å². The average molecular weight is 266 g/mol. The van der Waals surface area contributed by atoms with Crippen molar-refractivity contribution in [2.75, 3.05) is 18.1 Å². The molecule has 0 saturated heterocycles. The van der Waals surface area contributed by atoms with Crippen LogP contribution in [0.15, 0.2) is 36.4 Å². The van der Waals surface area contributed by atoms with Gasteiger partial charge in [-0.1, -0.05) is 6.07 Å². The Balaban J connectivity index is 2.09. The maximum atomic E-state index is 9.66. The first-order valence-electron chi connectivity index (χ1n) is 6.43. The van der Waals surface area contributed by atoms with Crippen molar-refractivity contribution in [1.82, 2.24) is 0 Å². The number of ether oxygens (including phenoxy) is 1. The number of aryl methyl sites for hydroxylation is 1. The summed E-state index contributed by atoms with van der Waals surface area (Å²) in [4.78, 5) is 2.05. The molecular weight excluding hydrogens is 252 g/mol. The summed E-state index contributed by atoms with van der Waals surface area (Å²) < 4.78 is 5.59. The molecule has 0 bridgehead atoms. The molecule has 1 N–H and O–H groups in total. The smallest absolute Gasteiger partial charge is 0.143 e. The van der Waals surface area contributed by atoms with Gasteiger partial charge in [-0.15, -0.1) is 0 Å². The van der Waals surface area contributed by atoms with Crippen LogP contribution >= 0.6 is 0 Å². The highest BCUT2D eigenvalue weighted by molar-refractivity contribution is 5.72. The fraction of sp³-hybridized carbons (Fsp3) is 0.188. The molecule has 0 saturated carbocycles. The van der Waals surface area contributed by atoms with E-state index in [1.165, 1.54) is 0 Å². The van der Waals surface area contributed by atoms with Crippen LogP contribution in [0.5, 0.6) is 11.5 Å². The normalized spacial score (nSPS) is 13.3. The van der Waals surface area contributed by atoms with Gasteiger partial charge in [0.1, 0.15) is 18.1 Å². The molecule has 100 valence electrons. The lowest BCUT2D eigenvalue weighted by atomic mass is 10.1. The number of aromatic hydroxyl groups is 1. The number of nitrogens with zero attached hydrogens (tertiary/aromatic N) is 2. The molecule has 4 nitrogen and oxygen atoms in total. The van der Waals surface area contributed by atoms with E-state index in [4.69, 9.17) is 10.00 Å². The second-order valence-electron chi connectivity index (χ2n) is 4.76. The minimum Gasteiger partial charge on any atom is -0.508 e. The molecule has 0 spiro atoms. The summed E-state index contributed by atoms with van der Waals surface area (Å²) in [6, 6.07) is 13.0. The van der Waals surface area contributed by atoms with Crippen molar-refractivity contribution >= 4 is 11.4 Å². The van der Waals surface area contributed by atoms with Gasteiger partial charge in [-0.25, -0.2) is 0 Å². The van der Waals surface area contributed by atoms with Crippen LogP contribution in [0.25, 0.3) is 0 Å². The number of nitriles is 1. The van der Waals surface area contributed by atoms with Gasteiger partial charge in [-0.3, -0.25) is 0 Å². The summed E-state index contributed by atoms with van der Waals surface area (Å²) in [7, 11) is 0. The van der Waals surface area contributed by atoms with Gasteiger partial charge in [0.05, 0.1) is 23.9 Å². The monoisotopic (exact) mass is 266 g/mol. The largest absolute Gasteiger partial charge is 0.508 e. The van der Waals surface area contributed by atoms with Crippen molar-refractivity contribution in [2.45, 2.75) is 6.92 Å². The molecule has 0 atom stereocenters. The standard InChI is InChI=1S/C16H14N2O2/c1-11-2-3-13(8-12(11)10-17)18-6-7-20-16-5-4-14(19)9-15(16)18/h2-5,8-9,19H,6-7H2,1H3. The first-order valence-corrected chi connectivity index (χ1v) is 6.43. The topological polar surface area (TPSA) is 56.5 Å². The van der Waals surface area contributed by atoms with Gasteiger partial charge in [0.2, 0.25) is 0 Å². The van der Waals surface area contributed by atoms with Gasteiger partial charge in [-0.05, 0) is 36.8 Å². The third-order valence-electron chi connectivity index (χ3n) is 3.46. The molecule has 0 unspecified atom stereocenters. The van der Waals surface area contributed by atoms with E-state index in [9.17, 15) is 5.11 Å². The summed E-state index contributed by atoms with van der Waals surface area (Å²) in [5.74, 6) is 0.944. The Labute approximate surface area is 117 Å². The number of benzene rings is 2. The predicted molar refractivity (Wildman–Crippen MR) is 76.5 cm³/mol. The van der Waals surface area contributed by atoms with E-state index in [1.807, 2.05) is 25.1 Å². The Hall–Kier alpha value is -2.67. The zero-order valence-corrected chi connectivity index (χ0v) is 11.1. The lowest BCUT2D eigenvalue weighted by Gasteiger charge is -2.31. The van der Waals surface area contributed by atoms with E-state index in [-0.39, 0.29) is 5.75 Å². The maximum absolute atomic E-state index is 9.66. The van der Waals surface area contributed by atoms with Gasteiger partial charge >= 0.3 is 0 Å². The van der Waals surface area contributed by atoms with Crippen LogP contribution in [0.3, 0.4) is 0 Å². The summed E-state index contributed by atoms with van der Waals surface area (Å²) in [6.45, 7) is 3.18. The third kappa shape index (κ3) is 2.04. The average Bonchev–Trinajstić information content (AvgIpc) is 2.47. The number of phenolic OH excluding ortho intramolecular Hbond substituents is 1. The number of anilines is 2. The molecule has 1 aliphatic heterocycles. The molecule has 0 radical (unpaired) electrons. The Morgan fingerprint density at radius 3 is 2.90 bits per heavy atom. The molecule has 0 aromatic heterocycles. The summed E-state index contributed by atoms with van der Waals surface area (Å²) in [6.07, 6.45) is 0. The van der Waals surface area contributed by atoms with Crippen LogP contribution < -0.4 is 9.64 Å². The Morgan fingerprint density at radius 1 is 1.25 bits per heavy atom. The molecule has 3 rings (SSSR count). The lowest BCUT2D eigenvalue weighted by molar-refractivity contribution is 0.313. The first-order chi connectivity index (χ1) is 9.69. The molecule has 1 aliphatic rings. The maximum Gasteiger partial charge on any atom is 0.143 e. The molecule has 1 heterocycles. The number of hydrogen-bond donors (Lipinski definition) is 1. The number of fused-ring (bicyclic) bond motifs is 1. The molecule has 2 aromatic rings. The van der Waals surface area contributed by atoms with Gasteiger partial charge in [0, 0.05) is 11.8 Å². The number of phenols is 1. The van der Waals surface area contributed by atoms with E-state index >= 15 is 0 Å². The minimum atomic E-state index is 0.201. The second kappa shape index (κ2) is 4.78. The predicted octanol–water partition coefficient (Wildman–Crippen LogP) is 3.10. The van der Waals surface area contributed by atoms with Crippen molar-refractivity contribution < 1.29 is 9.84 Å². The molecule has 0 fully saturated rings. The van der Waals surface area contributed by atoms with Gasteiger partial charge < -0.3 is 14.7 Å². The first kappa shape index (κ1) is 12.4. The van der Waals surface area contributed by atoms with Gasteiger partial charge in [0.15, 0.2) is 0 Å². The van der Waals surface area contributed by atoms with E-state index in [0.29, 0.717) is 18.7 Å². The second-order valence-corrected chi connectivity index (χ2v) is 4.76. The van der Waals surface area contributed by atoms with Crippen LogP contribution in [-0.2, 0) is 0 Å². The van der Waals surface area contributed by atoms with Crippen LogP contribution in [0.2, 0.25) is 0 Å². The van der Waals surface area contributed by atoms with Crippen LogP contribution in [-0.4, -0.2) is 18.3 Å². The molecule has 2 aromatic carbocycles. The minimum absolute atomic E-state index is 0.201. The van der Waals surface area contributed by atoms with Crippen LogP contribution in [0, 0.1) is 18.3 Å². The van der Waals surface area contributed by atoms with E-state index < -0.39 is 0 Å². The molecule has 20 heavy (non-hydrogen) atoms. The van der Waals surface area contributed by atoms with E-state index in [1.54, 1.807) is 18.2 Å². The third-order valence-corrected chi connectivity index (χ3v) is 3.46. The van der Waals surface area contributed by atoms with E-state index in [0.717, 1.165) is 22.7 Å². The molecule has 4 heteroatoms. The zero-order valence-electron chi connectivity index (χ0n) is 11.1. The Bertz CT molecular complexity index is 704. The zero-order chi connectivity index (χ0) is 14.1. The highest BCUT2D eigenvalue weighted by Crippen LogP contribution is 2.39. The summed E-state index contributed by atoms with van der Waals surface area (Å²) in [5.41, 5.74) is 3.38. The van der Waals surface area contributed by atoms with Gasteiger partial charge in [-0.2, -0.15) is 5.26 Å². The number of hydrogen-bond acceptors (Lipinski definition) is 4. The van der Waals surface area contributed by atoms with Crippen LogP contribution in [0.4, 0.5) is 11.4 Å². The quantitative estimate of drug-likeness (QED) is 0.861. The fourth-order valence-electron chi connectivity index (χ4n) is 2.37. The Morgan fingerprint density at radius 2 is 2.10 bits per heavy atom. The molecule has 0 aliphatic carbocycles. The van der Waals surface area contributed by atoms with Crippen molar-refractivity contribution in [2.24, 2.45) is 0 Å². The van der Waals surface area contributed by atoms with Gasteiger partial charge in [0.25, 0.3) is 0 Å². The lowest BCUT2D eigenvalue weighted by Crippen LogP contribution is -2.28. The number of rotatable bonds is 1. The Kier molecular flexibility index (Phi) is 2.96. The fourth-order valence-corrected chi connectivity index (χ4v) is 2.37. The molecular formula is C16H14N2O2. The van der Waals surface area contributed by atoms with Crippen molar-refractivity contribution in [3.05, 3.63) is 47.5 Å². The van der Waals surface area contributed by atoms with Crippen molar-refractivity contribution in [3.63, 3.8) is 0 Å². The SMILES string of the molecule is Cc1ccc(N2CCOc3ccc(O)cc32)cc1C#N. The van der Waals surface area contributed by atoms with Crippen LogP contribution in [0.1, 0.15) is 11.1 Å². The summed E-state index contributed by atoms with van der Waals surface area (Å²) >= 11 is 0. The molecule has 0 amide bonds. The van der Waals surface area contributed by atoms with Crippen molar-refractivity contribution in [3.8, 4) is 17.6 Å². The highest BCUT2D eigenvalue weighted by atomic mass is 16.5. The summed E-state index contributed by atoms with van der Waals surface area (Å²) in [5, 5.41) is 18.8. The van der Waals surface area contributed by atoms with E-state index in [2.05, 4.69) is 11.0 Å².